The van der Waals surface area contributed by atoms with E-state index in [0.717, 1.165) is 11.3 Å². The molecule has 1 aliphatic carbocycles. The summed E-state index contributed by atoms with van der Waals surface area (Å²) >= 11 is 0. The summed E-state index contributed by atoms with van der Waals surface area (Å²) in [5.41, 5.74) is -0.351. The summed E-state index contributed by atoms with van der Waals surface area (Å²) in [6.07, 6.45) is 2.21. The Balaban J connectivity index is 1.69. The summed E-state index contributed by atoms with van der Waals surface area (Å²) in [4.78, 5) is 38.9. The van der Waals surface area contributed by atoms with Crippen molar-refractivity contribution in [3.05, 3.63) is 24.3 Å². The van der Waals surface area contributed by atoms with Gasteiger partial charge >= 0.3 is 6.03 Å². The lowest BCUT2D eigenvalue weighted by molar-refractivity contribution is -0.136. The topological polar surface area (TPSA) is 87.7 Å². The molecule has 1 heterocycles. The van der Waals surface area contributed by atoms with E-state index < -0.39 is 17.5 Å². The molecular formula is C20H27N3O4. The van der Waals surface area contributed by atoms with Gasteiger partial charge in [0, 0.05) is 5.69 Å². The minimum atomic E-state index is -0.890. The van der Waals surface area contributed by atoms with Crippen LogP contribution >= 0.6 is 0 Å². The number of hydrogen-bond acceptors (Lipinski definition) is 4. The average Bonchev–Trinajstić information content (AvgIpc) is 2.77. The molecule has 1 aromatic carbocycles. The van der Waals surface area contributed by atoms with E-state index >= 15 is 0 Å². The van der Waals surface area contributed by atoms with Crippen molar-refractivity contribution in [1.82, 2.24) is 10.2 Å². The highest BCUT2D eigenvalue weighted by molar-refractivity contribution is 6.10. The van der Waals surface area contributed by atoms with Crippen molar-refractivity contribution in [1.29, 1.82) is 0 Å². The van der Waals surface area contributed by atoms with Crippen LogP contribution in [0.15, 0.2) is 24.3 Å². The number of nitrogens with one attached hydrogen (secondary N) is 2. The fourth-order valence-corrected chi connectivity index (χ4v) is 4.67. The molecule has 1 saturated heterocycles. The van der Waals surface area contributed by atoms with Crippen LogP contribution in [0.4, 0.5) is 10.5 Å². The number of rotatable bonds is 4. The molecule has 7 heteroatoms. The number of ether oxygens (including phenoxy) is 1. The molecule has 1 aromatic rings. The predicted octanol–water partition coefficient (Wildman–Crippen LogP) is 2.77. The SMILES string of the molecule is COc1ccc(NC(=O)CN2C(=O)N[C@]3(C[C@@H](C)CC(C)(C)C3)C2=O)cc1. The van der Waals surface area contributed by atoms with E-state index in [9.17, 15) is 14.4 Å². The largest absolute Gasteiger partial charge is 0.497 e. The Morgan fingerprint density at radius 1 is 1.26 bits per heavy atom. The van der Waals surface area contributed by atoms with Gasteiger partial charge in [0.25, 0.3) is 5.91 Å². The minimum absolute atomic E-state index is 0.0397. The molecular weight excluding hydrogens is 346 g/mol. The second-order valence-corrected chi connectivity index (χ2v) is 8.53. The number of carbonyl (C=O) groups excluding carboxylic acids is 3. The Bertz CT molecular complexity index is 759. The second kappa shape index (κ2) is 6.87. The number of amides is 4. The molecule has 0 unspecified atom stereocenters. The van der Waals surface area contributed by atoms with Crippen LogP contribution < -0.4 is 15.4 Å². The Morgan fingerprint density at radius 3 is 2.52 bits per heavy atom. The van der Waals surface area contributed by atoms with Gasteiger partial charge in [0.2, 0.25) is 5.91 Å². The molecule has 1 saturated carbocycles. The maximum Gasteiger partial charge on any atom is 0.325 e. The van der Waals surface area contributed by atoms with Crippen molar-refractivity contribution >= 4 is 23.5 Å². The average molecular weight is 373 g/mol. The number of benzene rings is 1. The number of methoxy groups -OCH3 is 1. The Hall–Kier alpha value is -2.57. The van der Waals surface area contributed by atoms with Crippen molar-refractivity contribution in [3.8, 4) is 5.75 Å². The standard InChI is InChI=1S/C20H27N3O4/c1-13-9-19(2,3)12-20(10-13)17(25)23(18(26)22-20)11-16(24)21-14-5-7-15(27-4)8-6-14/h5-8,13H,9-12H2,1-4H3,(H,21,24)(H,22,26)/t13-,20-/m0/s1. The minimum Gasteiger partial charge on any atom is -0.497 e. The van der Waals surface area contributed by atoms with E-state index in [4.69, 9.17) is 4.74 Å². The van der Waals surface area contributed by atoms with E-state index in [2.05, 4.69) is 31.4 Å². The summed E-state index contributed by atoms with van der Waals surface area (Å²) in [6, 6.07) is 6.37. The highest BCUT2D eigenvalue weighted by atomic mass is 16.5. The van der Waals surface area contributed by atoms with Crippen LogP contribution in [-0.4, -0.2) is 41.9 Å². The lowest BCUT2D eigenvalue weighted by Gasteiger charge is -2.43. The summed E-state index contributed by atoms with van der Waals surface area (Å²) in [6.45, 7) is 6.03. The van der Waals surface area contributed by atoms with E-state index in [1.807, 2.05) is 0 Å². The molecule has 4 amide bonds. The maximum atomic E-state index is 13.0. The van der Waals surface area contributed by atoms with E-state index in [1.54, 1.807) is 31.4 Å². The second-order valence-electron chi connectivity index (χ2n) is 8.53. The molecule has 0 aromatic heterocycles. The van der Waals surface area contributed by atoms with Gasteiger partial charge in [-0.25, -0.2) is 4.79 Å². The highest BCUT2D eigenvalue weighted by Gasteiger charge is 2.56. The van der Waals surface area contributed by atoms with Gasteiger partial charge in [-0.05, 0) is 54.9 Å². The smallest absolute Gasteiger partial charge is 0.325 e. The number of hydrogen-bond donors (Lipinski definition) is 2. The first-order valence-electron chi connectivity index (χ1n) is 9.22. The molecule has 7 nitrogen and oxygen atoms in total. The van der Waals surface area contributed by atoms with Crippen LogP contribution in [0.1, 0.15) is 40.0 Å². The zero-order valence-electron chi connectivity index (χ0n) is 16.3. The lowest BCUT2D eigenvalue weighted by atomic mass is 9.64. The van der Waals surface area contributed by atoms with E-state index in [1.165, 1.54) is 0 Å². The Labute approximate surface area is 159 Å². The van der Waals surface area contributed by atoms with Gasteiger partial charge in [0.1, 0.15) is 17.8 Å². The molecule has 1 aliphatic heterocycles. The quantitative estimate of drug-likeness (QED) is 0.795. The molecule has 27 heavy (non-hydrogen) atoms. The lowest BCUT2D eigenvalue weighted by Crippen LogP contribution is -2.54. The first-order chi connectivity index (χ1) is 12.6. The van der Waals surface area contributed by atoms with Crippen LogP contribution in [0.5, 0.6) is 5.75 Å². The molecule has 3 rings (SSSR count). The fourth-order valence-electron chi connectivity index (χ4n) is 4.67. The van der Waals surface area contributed by atoms with Crippen LogP contribution in [-0.2, 0) is 9.59 Å². The van der Waals surface area contributed by atoms with Crippen LogP contribution in [0, 0.1) is 11.3 Å². The molecule has 1 spiro atoms. The monoisotopic (exact) mass is 373 g/mol. The molecule has 2 N–H and O–H groups in total. The molecule has 2 atom stereocenters. The number of imide groups is 1. The third-order valence-electron chi connectivity index (χ3n) is 5.30. The predicted molar refractivity (Wildman–Crippen MR) is 101 cm³/mol. The van der Waals surface area contributed by atoms with Crippen LogP contribution in [0.2, 0.25) is 0 Å². The van der Waals surface area contributed by atoms with Crippen molar-refractivity contribution in [2.24, 2.45) is 11.3 Å². The number of nitrogens with zero attached hydrogens (tertiary/aromatic N) is 1. The summed E-state index contributed by atoms with van der Waals surface area (Å²) < 4.78 is 5.08. The Morgan fingerprint density at radius 2 is 1.93 bits per heavy atom. The van der Waals surface area contributed by atoms with E-state index in [0.29, 0.717) is 30.2 Å². The van der Waals surface area contributed by atoms with Gasteiger partial charge in [-0.3, -0.25) is 14.5 Å². The fraction of sp³-hybridized carbons (Fsp3) is 0.550. The van der Waals surface area contributed by atoms with Gasteiger partial charge in [-0.1, -0.05) is 20.8 Å². The van der Waals surface area contributed by atoms with Crippen molar-refractivity contribution in [2.75, 3.05) is 19.0 Å². The molecule has 2 fully saturated rings. The molecule has 0 bridgehead atoms. The first-order valence-corrected chi connectivity index (χ1v) is 9.22. The third-order valence-corrected chi connectivity index (χ3v) is 5.30. The summed E-state index contributed by atoms with van der Waals surface area (Å²) in [5, 5.41) is 5.59. The molecule has 2 aliphatic rings. The zero-order valence-corrected chi connectivity index (χ0v) is 16.3. The maximum absolute atomic E-state index is 13.0. The number of anilines is 1. The normalized spacial score (nSPS) is 26.8. The van der Waals surface area contributed by atoms with Crippen molar-refractivity contribution < 1.29 is 19.1 Å². The highest BCUT2D eigenvalue weighted by Crippen LogP contribution is 2.46. The third kappa shape index (κ3) is 3.91. The van der Waals surface area contributed by atoms with Gasteiger partial charge in [-0.2, -0.15) is 0 Å². The first kappa shape index (κ1) is 19.2. The van der Waals surface area contributed by atoms with Crippen LogP contribution in [0.3, 0.4) is 0 Å². The van der Waals surface area contributed by atoms with Gasteiger partial charge < -0.3 is 15.4 Å². The van der Waals surface area contributed by atoms with E-state index in [-0.39, 0.29) is 17.9 Å². The number of carbonyl (C=O) groups is 3. The van der Waals surface area contributed by atoms with Gasteiger partial charge in [-0.15, -0.1) is 0 Å². The molecule has 0 radical (unpaired) electrons. The van der Waals surface area contributed by atoms with Crippen molar-refractivity contribution in [3.63, 3.8) is 0 Å². The number of urea groups is 1. The van der Waals surface area contributed by atoms with Crippen LogP contribution in [0.25, 0.3) is 0 Å². The zero-order chi connectivity index (χ0) is 19.8. The van der Waals surface area contributed by atoms with Crippen molar-refractivity contribution in [2.45, 2.75) is 45.6 Å². The molecule has 146 valence electrons. The van der Waals surface area contributed by atoms with Gasteiger partial charge in [0.05, 0.1) is 7.11 Å². The Kier molecular flexibility index (Phi) is 4.88. The van der Waals surface area contributed by atoms with Gasteiger partial charge in [0.15, 0.2) is 0 Å². The summed E-state index contributed by atoms with van der Waals surface area (Å²) in [5.74, 6) is 0.296. The summed E-state index contributed by atoms with van der Waals surface area (Å²) in [7, 11) is 1.56.